The van der Waals surface area contributed by atoms with Crippen molar-refractivity contribution in [1.29, 1.82) is 0 Å². The molecule has 3 unspecified atom stereocenters. The van der Waals surface area contributed by atoms with Gasteiger partial charge in [0.15, 0.2) is 0 Å². The summed E-state index contributed by atoms with van der Waals surface area (Å²) in [4.78, 5) is 17.4. The SMILES string of the molecule is C=CCCC(C(=O)NC)N1Cc2cc(OC3CCCC3N(CC)CC3CC(CC)C3)ccc2C1=C. The Bertz CT molecular complexity index is 907. The lowest BCUT2D eigenvalue weighted by molar-refractivity contribution is -0.125. The lowest BCUT2D eigenvalue weighted by Crippen LogP contribution is -2.46. The van der Waals surface area contributed by atoms with E-state index in [0.29, 0.717) is 12.6 Å². The van der Waals surface area contributed by atoms with E-state index in [1.165, 1.54) is 44.2 Å². The molecule has 1 N–H and O–H groups in total. The van der Waals surface area contributed by atoms with Crippen LogP contribution < -0.4 is 10.1 Å². The van der Waals surface area contributed by atoms with Gasteiger partial charge in [-0.3, -0.25) is 9.69 Å². The molecule has 1 aromatic rings. The Morgan fingerprint density at radius 1 is 1.29 bits per heavy atom. The van der Waals surface area contributed by atoms with Gasteiger partial charge in [-0.15, -0.1) is 6.58 Å². The van der Waals surface area contributed by atoms with Gasteiger partial charge in [-0.05, 0) is 87.1 Å². The summed E-state index contributed by atoms with van der Waals surface area (Å²) in [5, 5.41) is 2.82. The summed E-state index contributed by atoms with van der Waals surface area (Å²) in [7, 11) is 1.70. The first-order valence-electron chi connectivity index (χ1n) is 13.8. The second-order valence-corrected chi connectivity index (χ2v) is 10.7. The van der Waals surface area contributed by atoms with E-state index in [1.807, 2.05) is 6.08 Å². The van der Waals surface area contributed by atoms with Crippen LogP contribution in [0, 0.1) is 11.8 Å². The molecule has 192 valence electrons. The van der Waals surface area contributed by atoms with Crippen molar-refractivity contribution in [3.8, 4) is 5.75 Å². The summed E-state index contributed by atoms with van der Waals surface area (Å²) in [6.45, 7) is 15.8. The molecule has 5 heteroatoms. The zero-order valence-corrected chi connectivity index (χ0v) is 22.1. The minimum Gasteiger partial charge on any atom is -0.489 e. The third-order valence-corrected chi connectivity index (χ3v) is 8.63. The maximum Gasteiger partial charge on any atom is 0.242 e. The van der Waals surface area contributed by atoms with E-state index in [0.717, 1.165) is 54.7 Å². The van der Waals surface area contributed by atoms with Crippen LogP contribution in [0.25, 0.3) is 5.70 Å². The number of carbonyl (C=O) groups is 1. The second kappa shape index (κ2) is 11.6. The number of benzene rings is 1. The van der Waals surface area contributed by atoms with E-state index in [1.54, 1.807) is 7.05 Å². The number of likely N-dealkylation sites (N-methyl/N-ethyl adjacent to an activating group) is 2. The smallest absolute Gasteiger partial charge is 0.242 e. The van der Waals surface area contributed by atoms with E-state index in [9.17, 15) is 4.79 Å². The van der Waals surface area contributed by atoms with E-state index in [-0.39, 0.29) is 18.1 Å². The number of ether oxygens (including phenoxy) is 1. The van der Waals surface area contributed by atoms with E-state index in [2.05, 4.69) is 60.3 Å². The Labute approximate surface area is 212 Å². The number of nitrogens with zero attached hydrogens (tertiary/aromatic N) is 2. The summed E-state index contributed by atoms with van der Waals surface area (Å²) in [6, 6.07) is 6.67. The predicted molar refractivity (Wildman–Crippen MR) is 144 cm³/mol. The Morgan fingerprint density at radius 2 is 2.09 bits per heavy atom. The van der Waals surface area contributed by atoms with Gasteiger partial charge in [0.1, 0.15) is 17.9 Å². The van der Waals surface area contributed by atoms with Crippen LogP contribution in [0.4, 0.5) is 0 Å². The van der Waals surface area contributed by atoms with Crippen LogP contribution in [0.1, 0.15) is 76.3 Å². The van der Waals surface area contributed by atoms with Crippen LogP contribution in [-0.4, -0.2) is 54.0 Å². The number of hydrogen-bond acceptors (Lipinski definition) is 4. The van der Waals surface area contributed by atoms with Crippen LogP contribution in [0.2, 0.25) is 0 Å². The topological polar surface area (TPSA) is 44.8 Å². The summed E-state index contributed by atoms with van der Waals surface area (Å²) >= 11 is 0. The fraction of sp³-hybridized carbons (Fsp3) is 0.633. The highest BCUT2D eigenvalue weighted by Gasteiger charge is 2.37. The molecule has 0 bridgehead atoms. The van der Waals surface area contributed by atoms with Crippen LogP contribution >= 0.6 is 0 Å². The lowest BCUT2D eigenvalue weighted by atomic mass is 9.73. The summed E-state index contributed by atoms with van der Waals surface area (Å²) in [5.74, 6) is 2.80. The average molecular weight is 480 g/mol. The van der Waals surface area contributed by atoms with Gasteiger partial charge in [-0.1, -0.05) is 32.9 Å². The highest BCUT2D eigenvalue weighted by Crippen LogP contribution is 2.39. The quantitative estimate of drug-likeness (QED) is 0.396. The van der Waals surface area contributed by atoms with Crippen LogP contribution in [-0.2, 0) is 11.3 Å². The normalized spacial score (nSPS) is 26.4. The van der Waals surface area contributed by atoms with Crippen molar-refractivity contribution < 1.29 is 9.53 Å². The van der Waals surface area contributed by atoms with Crippen molar-refractivity contribution >= 4 is 11.6 Å². The van der Waals surface area contributed by atoms with Crippen molar-refractivity contribution in [2.24, 2.45) is 11.8 Å². The standard InChI is InChI=1S/C30H45N3O2/c1-6-9-11-28(30(34)31-5)33-20-24-18-25(14-15-26(24)21(33)4)35-29-13-10-12-27(29)32(8-3)19-23-16-22(7-2)17-23/h6,14-15,18,22-23,27-29H,1,4,7-13,16-17,19-20H2,2-3,5H3,(H,31,34). The molecular formula is C30H45N3O2. The van der Waals surface area contributed by atoms with Gasteiger partial charge in [0, 0.05) is 37.4 Å². The van der Waals surface area contributed by atoms with Gasteiger partial charge in [0.05, 0.1) is 0 Å². The fourth-order valence-corrected chi connectivity index (χ4v) is 6.48. The Kier molecular flexibility index (Phi) is 8.59. The van der Waals surface area contributed by atoms with Crippen molar-refractivity contribution in [3.63, 3.8) is 0 Å². The number of allylic oxidation sites excluding steroid dienone is 1. The largest absolute Gasteiger partial charge is 0.489 e. The van der Waals surface area contributed by atoms with E-state index in [4.69, 9.17) is 4.74 Å². The van der Waals surface area contributed by atoms with Crippen LogP contribution in [0.3, 0.4) is 0 Å². The van der Waals surface area contributed by atoms with Crippen LogP contribution in [0.5, 0.6) is 5.75 Å². The third kappa shape index (κ3) is 5.61. The average Bonchev–Trinajstić information content (AvgIpc) is 3.42. The molecule has 35 heavy (non-hydrogen) atoms. The lowest BCUT2D eigenvalue weighted by Gasteiger charge is -2.41. The number of amides is 1. The first kappa shape index (κ1) is 25.8. The van der Waals surface area contributed by atoms with Crippen molar-refractivity contribution in [2.45, 2.75) is 89.9 Å². The molecule has 0 aromatic heterocycles. The zero-order chi connectivity index (χ0) is 24.9. The van der Waals surface area contributed by atoms with E-state index < -0.39 is 0 Å². The van der Waals surface area contributed by atoms with Crippen molar-refractivity contribution in [1.82, 2.24) is 15.1 Å². The molecule has 1 aromatic carbocycles. The van der Waals surface area contributed by atoms with Gasteiger partial charge in [0.25, 0.3) is 0 Å². The molecule has 3 atom stereocenters. The Balaban J connectivity index is 1.42. The molecule has 0 spiro atoms. The molecular weight excluding hydrogens is 434 g/mol. The molecule has 2 fully saturated rings. The zero-order valence-electron chi connectivity index (χ0n) is 22.1. The van der Waals surface area contributed by atoms with Gasteiger partial charge >= 0.3 is 0 Å². The first-order valence-corrected chi connectivity index (χ1v) is 13.8. The van der Waals surface area contributed by atoms with Crippen molar-refractivity contribution in [2.75, 3.05) is 20.1 Å². The molecule has 1 heterocycles. The molecule has 2 aliphatic carbocycles. The maximum absolute atomic E-state index is 12.6. The number of rotatable bonds is 12. The Hall–Kier alpha value is -2.27. The second-order valence-electron chi connectivity index (χ2n) is 10.7. The molecule has 2 saturated carbocycles. The molecule has 5 nitrogen and oxygen atoms in total. The predicted octanol–water partition coefficient (Wildman–Crippen LogP) is 5.61. The van der Waals surface area contributed by atoms with Gasteiger partial charge in [-0.2, -0.15) is 0 Å². The summed E-state index contributed by atoms with van der Waals surface area (Å²) in [5.41, 5.74) is 3.24. The van der Waals surface area contributed by atoms with Crippen LogP contribution in [0.15, 0.2) is 37.4 Å². The van der Waals surface area contributed by atoms with Gasteiger partial charge in [-0.25, -0.2) is 0 Å². The molecule has 3 aliphatic rings. The highest BCUT2D eigenvalue weighted by atomic mass is 16.5. The molecule has 1 aliphatic heterocycles. The summed E-state index contributed by atoms with van der Waals surface area (Å²) in [6.07, 6.45) is 11.4. The Morgan fingerprint density at radius 3 is 2.77 bits per heavy atom. The molecule has 0 radical (unpaired) electrons. The number of carbonyl (C=O) groups excluding carboxylic acids is 1. The number of nitrogens with one attached hydrogen (secondary N) is 1. The van der Waals surface area contributed by atoms with Gasteiger partial charge in [0.2, 0.25) is 5.91 Å². The van der Waals surface area contributed by atoms with Gasteiger partial charge < -0.3 is 15.0 Å². The number of hydrogen-bond donors (Lipinski definition) is 1. The monoisotopic (exact) mass is 479 g/mol. The van der Waals surface area contributed by atoms with E-state index >= 15 is 0 Å². The minimum atomic E-state index is -0.238. The number of fused-ring (bicyclic) bond motifs is 1. The maximum atomic E-state index is 12.6. The minimum absolute atomic E-state index is 0.0301. The van der Waals surface area contributed by atoms with Crippen molar-refractivity contribution in [3.05, 3.63) is 48.6 Å². The first-order chi connectivity index (χ1) is 17.0. The third-order valence-electron chi connectivity index (χ3n) is 8.63. The fourth-order valence-electron chi connectivity index (χ4n) is 6.48. The molecule has 1 amide bonds. The molecule has 4 rings (SSSR count). The highest BCUT2D eigenvalue weighted by molar-refractivity contribution is 5.84. The molecule has 0 saturated heterocycles. The summed E-state index contributed by atoms with van der Waals surface area (Å²) < 4.78 is 6.65.